The highest BCUT2D eigenvalue weighted by molar-refractivity contribution is 4.96. The van der Waals surface area contributed by atoms with Gasteiger partial charge < -0.3 is 0 Å². The molecule has 85 valence electrons. The van der Waals surface area contributed by atoms with Crippen molar-refractivity contribution in [1.29, 1.82) is 0 Å². The van der Waals surface area contributed by atoms with Crippen LogP contribution in [-0.2, 0) is 0 Å². The van der Waals surface area contributed by atoms with E-state index in [0.29, 0.717) is 10.8 Å². The molecule has 0 aromatic carbocycles. The van der Waals surface area contributed by atoms with Crippen LogP contribution in [0.15, 0.2) is 0 Å². The largest absolute Gasteiger partial charge is 0.0651 e. The number of hydrogen-bond acceptors (Lipinski definition) is 0. The topological polar surface area (TPSA) is 0 Å². The van der Waals surface area contributed by atoms with Gasteiger partial charge in [0.2, 0.25) is 0 Å². The van der Waals surface area contributed by atoms with E-state index in [4.69, 9.17) is 0 Å². The Balaban J connectivity index is 4.57. The molecule has 1 unspecified atom stereocenters. The van der Waals surface area contributed by atoms with Crippen molar-refractivity contribution >= 4 is 0 Å². The van der Waals surface area contributed by atoms with E-state index in [1.54, 1.807) is 5.92 Å². The molecule has 0 aromatic rings. The first-order valence-electron chi connectivity index (χ1n) is 5.90. The molecule has 0 fully saturated rings. The lowest BCUT2D eigenvalue weighted by Gasteiger charge is -2.40. The highest BCUT2D eigenvalue weighted by Gasteiger charge is 2.34. The Kier molecular flexibility index (Phi) is 4.68. The van der Waals surface area contributed by atoms with Gasteiger partial charge in [0.05, 0.1) is 0 Å². The normalized spacial score (nSPS) is 16.1. The average Bonchev–Trinajstić information content (AvgIpc) is 1.79. The van der Waals surface area contributed by atoms with Gasteiger partial charge in [-0.2, -0.15) is 0 Å². The van der Waals surface area contributed by atoms with Gasteiger partial charge in [0, 0.05) is 0 Å². The number of hydrogen-bond donors (Lipinski definition) is 0. The van der Waals surface area contributed by atoms with E-state index in [1.165, 1.54) is 12.8 Å². The molecule has 1 atom stereocenters. The van der Waals surface area contributed by atoms with E-state index in [2.05, 4.69) is 55.4 Å². The highest BCUT2D eigenvalue weighted by Crippen LogP contribution is 2.44. The van der Waals surface area contributed by atoms with Crippen LogP contribution >= 0.6 is 0 Å². The van der Waals surface area contributed by atoms with Gasteiger partial charge in [-0.1, -0.05) is 61.8 Å². The van der Waals surface area contributed by atoms with Crippen LogP contribution < -0.4 is 0 Å². The van der Waals surface area contributed by atoms with Crippen molar-refractivity contribution in [3.63, 3.8) is 0 Å². The molecule has 0 rings (SSSR count). The Hall–Kier alpha value is 0. The Morgan fingerprint density at radius 3 is 1.64 bits per heavy atom. The standard InChI is InChI=1S/C14H29/c1-9-12(11(2)3)14(7,8)10-13(4,5)6/h12H,9-10H2,1-8H3. The van der Waals surface area contributed by atoms with Crippen LogP contribution in [-0.4, -0.2) is 0 Å². The second-order valence-corrected chi connectivity index (χ2v) is 6.76. The van der Waals surface area contributed by atoms with Crippen LogP contribution in [0, 0.1) is 22.7 Å². The molecule has 0 spiro atoms. The molecule has 0 aliphatic rings. The number of rotatable bonds is 4. The van der Waals surface area contributed by atoms with Gasteiger partial charge in [0.1, 0.15) is 0 Å². The molecule has 0 aliphatic heterocycles. The van der Waals surface area contributed by atoms with Crippen molar-refractivity contribution in [2.45, 2.75) is 68.2 Å². The predicted octanol–water partition coefficient (Wildman–Crippen LogP) is 5.09. The predicted molar refractivity (Wildman–Crippen MR) is 66.2 cm³/mol. The van der Waals surface area contributed by atoms with Crippen LogP contribution in [0.25, 0.3) is 0 Å². The van der Waals surface area contributed by atoms with Crippen LogP contribution in [0.3, 0.4) is 0 Å². The summed E-state index contributed by atoms with van der Waals surface area (Å²) in [5.41, 5.74) is 0.873. The zero-order valence-electron chi connectivity index (χ0n) is 11.5. The molecule has 0 nitrogen and oxygen atoms in total. The summed E-state index contributed by atoms with van der Waals surface area (Å²) in [6.45, 7) is 18.7. The van der Waals surface area contributed by atoms with Crippen molar-refractivity contribution in [1.82, 2.24) is 0 Å². The first kappa shape index (κ1) is 14.0. The third-order valence-electron chi connectivity index (χ3n) is 3.03. The monoisotopic (exact) mass is 197 g/mol. The molecule has 0 saturated carbocycles. The minimum atomic E-state index is 0.436. The molecule has 0 amide bonds. The molecule has 0 heterocycles. The lowest BCUT2D eigenvalue weighted by Crippen LogP contribution is -2.31. The van der Waals surface area contributed by atoms with E-state index in [1.807, 2.05) is 0 Å². The maximum Gasteiger partial charge on any atom is -0.0267 e. The SMILES string of the molecule is CCC([C](C)C)C(C)(C)CC(C)(C)C. The van der Waals surface area contributed by atoms with Crippen molar-refractivity contribution < 1.29 is 0 Å². The van der Waals surface area contributed by atoms with Gasteiger partial charge in [-0.25, -0.2) is 0 Å². The third-order valence-corrected chi connectivity index (χ3v) is 3.03. The Morgan fingerprint density at radius 2 is 1.43 bits per heavy atom. The van der Waals surface area contributed by atoms with Gasteiger partial charge in [-0.05, 0) is 29.1 Å². The van der Waals surface area contributed by atoms with Gasteiger partial charge in [-0.15, -0.1) is 0 Å². The average molecular weight is 197 g/mol. The van der Waals surface area contributed by atoms with Crippen molar-refractivity contribution in [2.24, 2.45) is 16.7 Å². The van der Waals surface area contributed by atoms with Crippen molar-refractivity contribution in [3.8, 4) is 0 Å². The fraction of sp³-hybridized carbons (Fsp3) is 0.929. The highest BCUT2D eigenvalue weighted by atomic mass is 14.4. The van der Waals surface area contributed by atoms with E-state index in [0.717, 1.165) is 5.92 Å². The minimum absolute atomic E-state index is 0.436. The molecule has 0 N–H and O–H groups in total. The summed E-state index contributed by atoms with van der Waals surface area (Å²) < 4.78 is 0. The second kappa shape index (κ2) is 4.68. The first-order valence-corrected chi connectivity index (χ1v) is 5.90. The molecule has 0 aliphatic carbocycles. The Bertz CT molecular complexity index is 157. The van der Waals surface area contributed by atoms with Gasteiger partial charge >= 0.3 is 0 Å². The quantitative estimate of drug-likeness (QED) is 0.589. The molecule has 14 heavy (non-hydrogen) atoms. The van der Waals surface area contributed by atoms with Crippen LogP contribution in [0.4, 0.5) is 0 Å². The molecular weight excluding hydrogens is 168 g/mol. The Labute approximate surface area is 91.5 Å². The fourth-order valence-electron chi connectivity index (χ4n) is 3.23. The van der Waals surface area contributed by atoms with Crippen LogP contribution in [0.2, 0.25) is 0 Å². The summed E-state index contributed by atoms with van der Waals surface area (Å²) in [5, 5.41) is 0. The summed E-state index contributed by atoms with van der Waals surface area (Å²) in [6, 6.07) is 0. The molecule has 0 bridgehead atoms. The second-order valence-electron chi connectivity index (χ2n) is 6.76. The molecule has 0 saturated heterocycles. The summed E-state index contributed by atoms with van der Waals surface area (Å²) in [5.74, 6) is 2.35. The Morgan fingerprint density at radius 1 is 1.00 bits per heavy atom. The maximum atomic E-state index is 2.42. The summed E-state index contributed by atoms with van der Waals surface area (Å²) in [7, 11) is 0. The maximum absolute atomic E-state index is 2.42. The summed E-state index contributed by atoms with van der Waals surface area (Å²) >= 11 is 0. The summed E-state index contributed by atoms with van der Waals surface area (Å²) in [4.78, 5) is 0. The molecule has 1 radical (unpaired) electrons. The van der Waals surface area contributed by atoms with E-state index < -0.39 is 0 Å². The lowest BCUT2D eigenvalue weighted by molar-refractivity contribution is 0.135. The smallest absolute Gasteiger partial charge is 0.0267 e. The fourth-order valence-corrected chi connectivity index (χ4v) is 3.23. The third kappa shape index (κ3) is 4.48. The summed E-state index contributed by atoms with van der Waals surface area (Å²) in [6.07, 6.45) is 2.56. The molecule has 0 heteroatoms. The van der Waals surface area contributed by atoms with Crippen LogP contribution in [0.1, 0.15) is 68.2 Å². The van der Waals surface area contributed by atoms with Gasteiger partial charge in [-0.3, -0.25) is 0 Å². The van der Waals surface area contributed by atoms with E-state index >= 15 is 0 Å². The first-order chi connectivity index (χ1) is 6.10. The zero-order valence-corrected chi connectivity index (χ0v) is 11.5. The molecular formula is C14H29. The zero-order chi connectivity index (χ0) is 11.6. The van der Waals surface area contributed by atoms with Crippen LogP contribution in [0.5, 0.6) is 0 Å². The van der Waals surface area contributed by atoms with Crippen molar-refractivity contribution in [3.05, 3.63) is 5.92 Å². The van der Waals surface area contributed by atoms with E-state index in [-0.39, 0.29) is 0 Å². The van der Waals surface area contributed by atoms with Gasteiger partial charge in [0.25, 0.3) is 0 Å². The lowest BCUT2D eigenvalue weighted by atomic mass is 9.65. The van der Waals surface area contributed by atoms with E-state index in [9.17, 15) is 0 Å². The minimum Gasteiger partial charge on any atom is -0.0651 e. The molecule has 0 aromatic heterocycles. The van der Waals surface area contributed by atoms with Crippen molar-refractivity contribution in [2.75, 3.05) is 0 Å². The van der Waals surface area contributed by atoms with Gasteiger partial charge in [0.15, 0.2) is 0 Å².